The number of ether oxygens (including phenoxy) is 4. The number of hydrogen-bond donors (Lipinski definition) is 1. The summed E-state index contributed by atoms with van der Waals surface area (Å²) < 4.78 is 34.3. The van der Waals surface area contributed by atoms with E-state index in [1.807, 2.05) is 0 Å². The lowest BCUT2D eigenvalue weighted by atomic mass is 10.1. The van der Waals surface area contributed by atoms with Crippen molar-refractivity contribution in [1.29, 1.82) is 0 Å². The number of esters is 1. The van der Waals surface area contributed by atoms with Crippen LogP contribution in [0.25, 0.3) is 0 Å². The van der Waals surface area contributed by atoms with Gasteiger partial charge in [0.1, 0.15) is 12.4 Å². The van der Waals surface area contributed by atoms with Gasteiger partial charge in [0.15, 0.2) is 18.1 Å². The Bertz CT molecular complexity index is 987. The van der Waals surface area contributed by atoms with Crippen LogP contribution in [0.2, 0.25) is 5.02 Å². The molecule has 0 bridgehead atoms. The molecule has 0 unspecified atom stereocenters. The van der Waals surface area contributed by atoms with Crippen LogP contribution in [-0.2, 0) is 20.9 Å². The molecule has 0 saturated carbocycles. The van der Waals surface area contributed by atoms with Gasteiger partial charge in [-0.1, -0.05) is 17.7 Å². The SMILES string of the molecule is COc1cc(C(=O)NCC(=O)OCC(=O)N(C)Cc2c(F)cccc2Cl)cc(OC)c1OC. The number of rotatable bonds is 10. The number of amides is 2. The minimum absolute atomic E-state index is 0.0975. The van der Waals surface area contributed by atoms with E-state index in [2.05, 4.69) is 5.32 Å². The average molecular weight is 483 g/mol. The van der Waals surface area contributed by atoms with Crippen LogP contribution < -0.4 is 19.5 Å². The lowest BCUT2D eigenvalue weighted by Gasteiger charge is -2.18. The van der Waals surface area contributed by atoms with Gasteiger partial charge in [-0.05, 0) is 24.3 Å². The number of likely N-dealkylation sites (N-methyl/N-ethyl adjacent to an activating group) is 1. The van der Waals surface area contributed by atoms with Gasteiger partial charge in [-0.3, -0.25) is 14.4 Å². The zero-order valence-corrected chi connectivity index (χ0v) is 19.3. The molecule has 0 aliphatic heterocycles. The van der Waals surface area contributed by atoms with Crippen LogP contribution in [0.3, 0.4) is 0 Å². The zero-order chi connectivity index (χ0) is 24.5. The molecule has 0 saturated heterocycles. The van der Waals surface area contributed by atoms with Gasteiger partial charge in [0.2, 0.25) is 5.75 Å². The molecule has 9 nitrogen and oxygen atoms in total. The highest BCUT2D eigenvalue weighted by atomic mass is 35.5. The second kappa shape index (κ2) is 11.9. The van der Waals surface area contributed by atoms with E-state index in [1.54, 1.807) is 0 Å². The number of halogens is 2. The van der Waals surface area contributed by atoms with Crippen molar-refractivity contribution in [1.82, 2.24) is 10.2 Å². The summed E-state index contributed by atoms with van der Waals surface area (Å²) in [7, 11) is 5.67. The molecular weight excluding hydrogens is 459 g/mol. The molecule has 2 aromatic carbocycles. The topological polar surface area (TPSA) is 103 Å². The summed E-state index contributed by atoms with van der Waals surface area (Å²) >= 11 is 5.96. The number of nitrogens with one attached hydrogen (secondary N) is 1. The largest absolute Gasteiger partial charge is 0.493 e. The minimum Gasteiger partial charge on any atom is -0.493 e. The maximum absolute atomic E-state index is 13.9. The van der Waals surface area contributed by atoms with Crippen molar-refractivity contribution in [2.45, 2.75) is 6.54 Å². The fraction of sp³-hybridized carbons (Fsp3) is 0.318. The van der Waals surface area contributed by atoms with Gasteiger partial charge in [0.05, 0.1) is 21.3 Å². The third-order valence-corrected chi connectivity index (χ3v) is 4.91. The van der Waals surface area contributed by atoms with Crippen LogP contribution >= 0.6 is 11.6 Å². The number of carbonyl (C=O) groups is 3. The van der Waals surface area contributed by atoms with Crippen LogP contribution in [0.4, 0.5) is 4.39 Å². The minimum atomic E-state index is -0.832. The highest BCUT2D eigenvalue weighted by Crippen LogP contribution is 2.38. The first-order valence-corrected chi connectivity index (χ1v) is 10.00. The standard InChI is InChI=1S/C22H24ClFN2O7/c1-26(11-14-15(23)6-5-7-16(14)24)19(27)12-33-20(28)10-25-22(29)13-8-17(30-2)21(32-4)18(9-13)31-3/h5-9H,10-12H2,1-4H3,(H,25,29). The molecule has 0 aromatic heterocycles. The highest BCUT2D eigenvalue weighted by molar-refractivity contribution is 6.31. The van der Waals surface area contributed by atoms with Gasteiger partial charge in [-0.2, -0.15) is 0 Å². The monoisotopic (exact) mass is 482 g/mol. The molecule has 0 aliphatic rings. The number of nitrogens with zero attached hydrogens (tertiary/aromatic N) is 1. The third kappa shape index (κ3) is 6.72. The fourth-order valence-electron chi connectivity index (χ4n) is 2.78. The second-order valence-electron chi connectivity index (χ2n) is 6.71. The molecular formula is C22H24ClFN2O7. The number of benzene rings is 2. The number of hydrogen-bond acceptors (Lipinski definition) is 7. The van der Waals surface area contributed by atoms with Crippen molar-refractivity contribution in [3.8, 4) is 17.2 Å². The maximum Gasteiger partial charge on any atom is 0.325 e. The molecule has 0 heterocycles. The summed E-state index contributed by atoms with van der Waals surface area (Å²) in [4.78, 5) is 37.7. The molecule has 0 spiro atoms. The maximum atomic E-state index is 13.9. The zero-order valence-electron chi connectivity index (χ0n) is 18.6. The van der Waals surface area contributed by atoms with Crippen molar-refractivity contribution in [2.24, 2.45) is 0 Å². The van der Waals surface area contributed by atoms with E-state index in [9.17, 15) is 18.8 Å². The average Bonchev–Trinajstić information content (AvgIpc) is 2.81. The van der Waals surface area contributed by atoms with Gasteiger partial charge in [-0.25, -0.2) is 4.39 Å². The second-order valence-corrected chi connectivity index (χ2v) is 7.11. The van der Waals surface area contributed by atoms with Gasteiger partial charge >= 0.3 is 5.97 Å². The Labute approximate surface area is 195 Å². The quantitative estimate of drug-likeness (QED) is 0.519. The van der Waals surface area contributed by atoms with Gasteiger partial charge in [-0.15, -0.1) is 0 Å². The van der Waals surface area contributed by atoms with E-state index in [0.717, 1.165) is 0 Å². The van der Waals surface area contributed by atoms with Crippen LogP contribution in [0, 0.1) is 5.82 Å². The van der Waals surface area contributed by atoms with Crippen molar-refractivity contribution >= 4 is 29.4 Å². The van der Waals surface area contributed by atoms with Crippen LogP contribution in [0.1, 0.15) is 15.9 Å². The molecule has 2 aromatic rings. The third-order valence-electron chi connectivity index (χ3n) is 4.56. The van der Waals surface area contributed by atoms with Crippen LogP contribution in [0.5, 0.6) is 17.2 Å². The smallest absolute Gasteiger partial charge is 0.325 e. The summed E-state index contributed by atoms with van der Waals surface area (Å²) in [6.07, 6.45) is 0. The summed E-state index contributed by atoms with van der Waals surface area (Å²) in [5, 5.41) is 2.57. The molecule has 1 N–H and O–H groups in total. The predicted octanol–water partition coefficient (Wildman–Crippen LogP) is 2.44. The summed E-state index contributed by atoms with van der Waals surface area (Å²) in [6, 6.07) is 7.05. The molecule has 178 valence electrons. The summed E-state index contributed by atoms with van der Waals surface area (Å²) in [5.41, 5.74) is 0.314. The first kappa shape index (κ1) is 25.7. The Kier molecular flexibility index (Phi) is 9.29. The van der Waals surface area contributed by atoms with Crippen molar-refractivity contribution in [3.05, 3.63) is 52.3 Å². The highest BCUT2D eigenvalue weighted by Gasteiger charge is 2.19. The van der Waals surface area contributed by atoms with E-state index in [4.69, 9.17) is 30.5 Å². The Morgan fingerprint density at radius 3 is 2.24 bits per heavy atom. The lowest BCUT2D eigenvalue weighted by Crippen LogP contribution is -2.34. The number of methoxy groups -OCH3 is 3. The molecule has 2 amide bonds. The van der Waals surface area contributed by atoms with Crippen LogP contribution in [0.15, 0.2) is 30.3 Å². The first-order chi connectivity index (χ1) is 15.7. The number of carbonyl (C=O) groups excluding carboxylic acids is 3. The first-order valence-electron chi connectivity index (χ1n) is 9.62. The van der Waals surface area contributed by atoms with Gasteiger partial charge in [0.25, 0.3) is 11.8 Å². The Hall–Kier alpha value is -3.53. The summed E-state index contributed by atoms with van der Waals surface area (Å²) in [6.45, 7) is -1.16. The predicted molar refractivity (Wildman–Crippen MR) is 117 cm³/mol. The molecule has 11 heteroatoms. The molecule has 2 rings (SSSR count). The fourth-order valence-corrected chi connectivity index (χ4v) is 3.00. The van der Waals surface area contributed by atoms with Gasteiger partial charge in [0, 0.05) is 29.7 Å². The Morgan fingerprint density at radius 1 is 1.06 bits per heavy atom. The van der Waals surface area contributed by atoms with E-state index in [1.165, 1.54) is 63.6 Å². The van der Waals surface area contributed by atoms with Gasteiger partial charge < -0.3 is 29.2 Å². The molecule has 0 aliphatic carbocycles. The van der Waals surface area contributed by atoms with Crippen molar-refractivity contribution < 1.29 is 37.7 Å². The summed E-state index contributed by atoms with van der Waals surface area (Å²) in [5.74, 6) is -1.69. The molecule has 0 fully saturated rings. The Morgan fingerprint density at radius 2 is 1.70 bits per heavy atom. The molecule has 0 atom stereocenters. The molecule has 0 radical (unpaired) electrons. The van der Waals surface area contributed by atoms with E-state index in [0.29, 0.717) is 5.75 Å². The normalized spacial score (nSPS) is 10.2. The Balaban J connectivity index is 1.89. The van der Waals surface area contributed by atoms with E-state index >= 15 is 0 Å². The lowest BCUT2D eigenvalue weighted by molar-refractivity contribution is -0.150. The van der Waals surface area contributed by atoms with E-state index in [-0.39, 0.29) is 34.2 Å². The van der Waals surface area contributed by atoms with E-state index < -0.39 is 36.8 Å². The molecule has 33 heavy (non-hydrogen) atoms. The van der Waals surface area contributed by atoms with Crippen LogP contribution in [-0.4, -0.2) is 64.2 Å². The van der Waals surface area contributed by atoms with Crippen molar-refractivity contribution in [3.63, 3.8) is 0 Å². The van der Waals surface area contributed by atoms with Crippen molar-refractivity contribution in [2.75, 3.05) is 41.5 Å².